The van der Waals surface area contributed by atoms with Gasteiger partial charge < -0.3 is 24.6 Å². The Morgan fingerprint density at radius 3 is 2.69 bits per heavy atom. The van der Waals surface area contributed by atoms with Crippen LogP contribution in [0.5, 0.6) is 11.5 Å². The highest BCUT2D eigenvalue weighted by molar-refractivity contribution is 5.74. The molecule has 1 aliphatic rings. The van der Waals surface area contributed by atoms with E-state index in [1.807, 2.05) is 62.4 Å². The van der Waals surface area contributed by atoms with Crippen LogP contribution in [0.2, 0.25) is 0 Å². The molecule has 1 atom stereocenters. The normalized spacial score (nSPS) is 13.3. The number of hydrogen-bond donors (Lipinski definition) is 2. The summed E-state index contributed by atoms with van der Waals surface area (Å²) >= 11 is 0. The van der Waals surface area contributed by atoms with E-state index in [0.717, 1.165) is 11.1 Å². The first kappa shape index (κ1) is 18.8. The van der Waals surface area contributed by atoms with Crippen molar-refractivity contribution in [3.63, 3.8) is 0 Å². The van der Waals surface area contributed by atoms with Crippen LogP contribution < -0.4 is 20.1 Å². The Balaban J connectivity index is 1.39. The summed E-state index contributed by atoms with van der Waals surface area (Å²) in [5, 5.41) is 9.81. The molecule has 29 heavy (non-hydrogen) atoms. The number of fused-ring (bicyclic) bond motifs is 1. The van der Waals surface area contributed by atoms with Crippen molar-refractivity contribution in [2.24, 2.45) is 5.92 Å². The molecule has 4 rings (SSSR count). The highest BCUT2D eigenvalue weighted by Gasteiger charge is 2.25. The van der Waals surface area contributed by atoms with Crippen LogP contribution in [0.3, 0.4) is 0 Å². The van der Waals surface area contributed by atoms with Gasteiger partial charge in [0.1, 0.15) is 6.04 Å². The summed E-state index contributed by atoms with van der Waals surface area (Å²) in [5.41, 5.74) is 1.77. The third kappa shape index (κ3) is 4.31. The molecule has 2 aromatic carbocycles. The van der Waals surface area contributed by atoms with Gasteiger partial charge in [0.25, 0.3) is 0 Å². The summed E-state index contributed by atoms with van der Waals surface area (Å²) in [6, 6.07) is 14.4. The van der Waals surface area contributed by atoms with E-state index in [0.29, 0.717) is 29.8 Å². The van der Waals surface area contributed by atoms with Crippen molar-refractivity contribution in [2.45, 2.75) is 26.4 Å². The predicted octanol–water partition coefficient (Wildman–Crippen LogP) is 3.66. The average molecular weight is 394 g/mol. The Morgan fingerprint density at radius 1 is 1.10 bits per heavy atom. The van der Waals surface area contributed by atoms with Gasteiger partial charge in [-0.05, 0) is 23.6 Å². The molecule has 8 nitrogen and oxygen atoms in total. The van der Waals surface area contributed by atoms with Crippen molar-refractivity contribution in [1.29, 1.82) is 0 Å². The van der Waals surface area contributed by atoms with Gasteiger partial charge in [0.05, 0.1) is 0 Å². The van der Waals surface area contributed by atoms with Gasteiger partial charge in [0.15, 0.2) is 11.5 Å². The zero-order valence-electron chi connectivity index (χ0n) is 16.2. The summed E-state index contributed by atoms with van der Waals surface area (Å²) in [4.78, 5) is 16.9. The molecule has 3 aromatic rings. The lowest BCUT2D eigenvalue weighted by molar-refractivity contribution is 0.174. The third-order valence-electron chi connectivity index (χ3n) is 4.58. The van der Waals surface area contributed by atoms with Gasteiger partial charge in [-0.25, -0.2) is 4.79 Å². The molecule has 0 bridgehead atoms. The molecule has 0 fully saturated rings. The molecule has 0 aliphatic carbocycles. The topological polar surface area (TPSA) is 98.5 Å². The maximum Gasteiger partial charge on any atom is 0.315 e. The number of nitrogens with zero attached hydrogens (tertiary/aromatic N) is 2. The Bertz CT molecular complexity index is 987. The number of hydrogen-bond acceptors (Lipinski definition) is 6. The Morgan fingerprint density at radius 2 is 1.90 bits per heavy atom. The maximum absolute atomic E-state index is 12.4. The van der Waals surface area contributed by atoms with Gasteiger partial charge in [0, 0.05) is 12.1 Å². The fourth-order valence-corrected chi connectivity index (χ4v) is 3.01. The average Bonchev–Trinajstić information content (AvgIpc) is 3.40. The predicted molar refractivity (Wildman–Crippen MR) is 105 cm³/mol. The molecule has 0 saturated heterocycles. The first-order valence-electron chi connectivity index (χ1n) is 9.42. The Hall–Kier alpha value is -3.55. The van der Waals surface area contributed by atoms with Crippen molar-refractivity contribution < 1.29 is 18.8 Å². The summed E-state index contributed by atoms with van der Waals surface area (Å²) in [7, 11) is 0. The number of rotatable bonds is 6. The minimum Gasteiger partial charge on any atom is -0.454 e. The third-order valence-corrected chi connectivity index (χ3v) is 4.58. The van der Waals surface area contributed by atoms with Crippen LogP contribution in [0.1, 0.15) is 31.3 Å². The van der Waals surface area contributed by atoms with Crippen LogP contribution in [0.15, 0.2) is 53.1 Å². The molecule has 2 heterocycles. The van der Waals surface area contributed by atoms with E-state index < -0.39 is 6.04 Å². The first-order valence-corrected chi connectivity index (χ1v) is 9.42. The number of amides is 2. The van der Waals surface area contributed by atoms with Crippen LogP contribution in [0.4, 0.5) is 4.79 Å². The van der Waals surface area contributed by atoms with Crippen molar-refractivity contribution >= 4 is 6.03 Å². The number of carbonyl (C=O) groups excluding carboxylic acids is 1. The molecule has 0 unspecified atom stereocenters. The van der Waals surface area contributed by atoms with Gasteiger partial charge in [-0.15, -0.1) is 0 Å². The van der Waals surface area contributed by atoms with E-state index in [9.17, 15) is 4.79 Å². The summed E-state index contributed by atoms with van der Waals surface area (Å²) < 4.78 is 16.1. The largest absolute Gasteiger partial charge is 0.454 e. The van der Waals surface area contributed by atoms with Gasteiger partial charge in [0.2, 0.25) is 18.5 Å². The summed E-state index contributed by atoms with van der Waals surface area (Å²) in [6.45, 7) is 4.54. The monoisotopic (exact) mass is 394 g/mol. The Kier molecular flexibility index (Phi) is 5.33. The van der Waals surface area contributed by atoms with Crippen LogP contribution in [-0.4, -0.2) is 23.0 Å². The minimum atomic E-state index is -0.406. The quantitative estimate of drug-likeness (QED) is 0.662. The van der Waals surface area contributed by atoms with Crippen molar-refractivity contribution in [3.05, 3.63) is 60.0 Å². The number of nitrogens with one attached hydrogen (secondary N) is 2. The van der Waals surface area contributed by atoms with Gasteiger partial charge in [-0.1, -0.05) is 55.4 Å². The second-order valence-electron chi connectivity index (χ2n) is 7.06. The van der Waals surface area contributed by atoms with E-state index >= 15 is 0 Å². The minimum absolute atomic E-state index is 0.0652. The molecule has 8 heteroatoms. The molecule has 1 aromatic heterocycles. The van der Waals surface area contributed by atoms with Crippen LogP contribution >= 0.6 is 0 Å². The maximum atomic E-state index is 12.4. The molecule has 2 N–H and O–H groups in total. The molecule has 0 spiro atoms. The fourth-order valence-electron chi connectivity index (χ4n) is 3.01. The zero-order valence-corrected chi connectivity index (χ0v) is 16.2. The first-order chi connectivity index (χ1) is 14.1. The number of aromatic nitrogens is 2. The van der Waals surface area contributed by atoms with Gasteiger partial charge in [-0.3, -0.25) is 0 Å². The van der Waals surface area contributed by atoms with E-state index in [-0.39, 0.29) is 18.7 Å². The highest BCUT2D eigenvalue weighted by Crippen LogP contribution is 2.32. The molecule has 150 valence electrons. The van der Waals surface area contributed by atoms with E-state index in [1.54, 1.807) is 0 Å². The number of benzene rings is 2. The fraction of sp³-hybridized carbons (Fsp3) is 0.286. The Labute approximate surface area is 168 Å². The van der Waals surface area contributed by atoms with E-state index in [2.05, 4.69) is 20.8 Å². The second-order valence-corrected chi connectivity index (χ2v) is 7.06. The van der Waals surface area contributed by atoms with E-state index in [4.69, 9.17) is 14.0 Å². The van der Waals surface area contributed by atoms with Crippen LogP contribution in [0.25, 0.3) is 11.4 Å². The lowest BCUT2D eigenvalue weighted by Gasteiger charge is -2.19. The highest BCUT2D eigenvalue weighted by atomic mass is 16.7. The van der Waals surface area contributed by atoms with Crippen molar-refractivity contribution in [1.82, 2.24) is 20.8 Å². The number of carbonyl (C=O) groups is 1. The molecule has 0 radical (unpaired) electrons. The second kappa shape index (κ2) is 8.22. The molecular weight excluding hydrogens is 372 g/mol. The SMILES string of the molecule is CC(C)[C@H](NC(=O)NCc1ccc2c(c1)OCO2)c1nc(-c2ccccc2)no1. The lowest BCUT2D eigenvalue weighted by atomic mass is 10.0. The van der Waals surface area contributed by atoms with Gasteiger partial charge >= 0.3 is 6.03 Å². The number of ether oxygens (including phenoxy) is 2. The van der Waals surface area contributed by atoms with Crippen LogP contribution in [-0.2, 0) is 6.54 Å². The molecule has 2 amide bonds. The summed E-state index contributed by atoms with van der Waals surface area (Å²) in [6.07, 6.45) is 0. The van der Waals surface area contributed by atoms with Crippen LogP contribution in [0, 0.1) is 5.92 Å². The number of urea groups is 1. The van der Waals surface area contributed by atoms with Crippen molar-refractivity contribution in [2.75, 3.05) is 6.79 Å². The molecule has 1 aliphatic heterocycles. The molecular formula is C21H22N4O4. The molecule has 0 saturated carbocycles. The van der Waals surface area contributed by atoms with Crippen molar-refractivity contribution in [3.8, 4) is 22.9 Å². The van der Waals surface area contributed by atoms with Gasteiger partial charge in [-0.2, -0.15) is 4.98 Å². The smallest absolute Gasteiger partial charge is 0.315 e. The standard InChI is InChI=1S/C21H22N4O4/c1-13(2)18(20-24-19(25-29-20)15-6-4-3-5-7-15)23-21(26)22-11-14-8-9-16-17(10-14)28-12-27-16/h3-10,13,18H,11-12H2,1-2H3,(H2,22,23,26)/t18-/m0/s1. The lowest BCUT2D eigenvalue weighted by Crippen LogP contribution is -2.39. The summed E-state index contributed by atoms with van der Waals surface area (Å²) in [5.74, 6) is 2.33. The zero-order chi connectivity index (χ0) is 20.2. The van der Waals surface area contributed by atoms with E-state index in [1.165, 1.54) is 0 Å².